The molecule has 0 atom stereocenters. The van der Waals surface area contributed by atoms with E-state index < -0.39 is 0 Å². The number of nitrogens with zero attached hydrogens (tertiary/aromatic N) is 1. The maximum absolute atomic E-state index is 13.4. The SMILES string of the molecule is C=C(F)C1=CN(C(C)(C)C)CCC1(C)C. The monoisotopic (exact) mass is 211 g/mol. The first-order chi connectivity index (χ1) is 6.64. The lowest BCUT2D eigenvalue weighted by molar-refractivity contribution is 0.158. The Labute approximate surface area is 92.7 Å². The predicted molar refractivity (Wildman–Crippen MR) is 63.2 cm³/mol. The second-order valence-electron chi connectivity index (χ2n) is 5.95. The van der Waals surface area contributed by atoms with Crippen LogP contribution in [-0.2, 0) is 0 Å². The lowest BCUT2D eigenvalue weighted by Crippen LogP contribution is -2.43. The Hall–Kier alpha value is -0.790. The molecule has 0 bridgehead atoms. The van der Waals surface area contributed by atoms with Crippen LogP contribution in [0.1, 0.15) is 41.0 Å². The highest BCUT2D eigenvalue weighted by Gasteiger charge is 2.33. The Morgan fingerprint density at radius 3 is 2.40 bits per heavy atom. The van der Waals surface area contributed by atoms with Crippen molar-refractivity contribution in [2.45, 2.75) is 46.6 Å². The van der Waals surface area contributed by atoms with Crippen molar-refractivity contribution in [1.29, 1.82) is 0 Å². The molecule has 0 aromatic heterocycles. The van der Waals surface area contributed by atoms with Crippen LogP contribution in [0.5, 0.6) is 0 Å². The average Bonchev–Trinajstić information content (AvgIpc) is 2.00. The summed E-state index contributed by atoms with van der Waals surface area (Å²) in [6.45, 7) is 15.0. The lowest BCUT2D eigenvalue weighted by Gasteiger charge is -2.43. The number of hydrogen-bond donors (Lipinski definition) is 0. The molecule has 1 nitrogen and oxygen atoms in total. The molecule has 0 N–H and O–H groups in total. The van der Waals surface area contributed by atoms with Crippen LogP contribution in [0.3, 0.4) is 0 Å². The van der Waals surface area contributed by atoms with Crippen LogP contribution in [0.2, 0.25) is 0 Å². The van der Waals surface area contributed by atoms with Gasteiger partial charge >= 0.3 is 0 Å². The molecule has 2 heteroatoms. The molecule has 1 rings (SSSR count). The van der Waals surface area contributed by atoms with Crippen molar-refractivity contribution >= 4 is 0 Å². The zero-order chi connectivity index (χ0) is 11.9. The van der Waals surface area contributed by atoms with Crippen molar-refractivity contribution in [1.82, 2.24) is 4.90 Å². The fraction of sp³-hybridized carbons (Fsp3) is 0.692. The summed E-state index contributed by atoms with van der Waals surface area (Å²) in [6, 6.07) is 0. The van der Waals surface area contributed by atoms with E-state index in [1.54, 1.807) is 0 Å². The normalized spacial score (nSPS) is 21.2. The molecule has 0 fully saturated rings. The smallest absolute Gasteiger partial charge is 0.121 e. The topological polar surface area (TPSA) is 3.24 Å². The van der Waals surface area contributed by atoms with Crippen LogP contribution < -0.4 is 0 Å². The van der Waals surface area contributed by atoms with Gasteiger partial charge in [0.25, 0.3) is 0 Å². The lowest BCUT2D eigenvalue weighted by atomic mass is 9.78. The summed E-state index contributed by atoms with van der Waals surface area (Å²) in [6.07, 6.45) is 2.91. The zero-order valence-electron chi connectivity index (χ0n) is 10.5. The van der Waals surface area contributed by atoms with Crippen LogP contribution in [0.4, 0.5) is 4.39 Å². The van der Waals surface area contributed by atoms with Gasteiger partial charge in [-0.05, 0) is 32.6 Å². The molecule has 15 heavy (non-hydrogen) atoms. The van der Waals surface area contributed by atoms with Gasteiger partial charge in [0.1, 0.15) is 5.83 Å². The van der Waals surface area contributed by atoms with Crippen LogP contribution in [0.25, 0.3) is 0 Å². The van der Waals surface area contributed by atoms with Gasteiger partial charge in [-0.15, -0.1) is 0 Å². The molecule has 1 aliphatic heterocycles. The minimum absolute atomic E-state index is 0.0528. The number of rotatable bonds is 1. The van der Waals surface area contributed by atoms with Gasteiger partial charge in [0.15, 0.2) is 0 Å². The molecule has 0 unspecified atom stereocenters. The number of allylic oxidation sites excluding steroid dienone is 2. The highest BCUT2D eigenvalue weighted by atomic mass is 19.1. The van der Waals surface area contributed by atoms with E-state index in [4.69, 9.17) is 0 Å². The van der Waals surface area contributed by atoms with Gasteiger partial charge in [0.05, 0.1) is 0 Å². The first kappa shape index (κ1) is 12.3. The Kier molecular flexibility index (Phi) is 2.99. The van der Waals surface area contributed by atoms with Crippen molar-refractivity contribution in [3.05, 3.63) is 24.2 Å². The minimum atomic E-state index is -0.297. The summed E-state index contributed by atoms with van der Waals surface area (Å²) >= 11 is 0. The summed E-state index contributed by atoms with van der Waals surface area (Å²) in [7, 11) is 0. The van der Waals surface area contributed by atoms with Gasteiger partial charge in [-0.1, -0.05) is 20.4 Å². The van der Waals surface area contributed by atoms with Crippen LogP contribution >= 0.6 is 0 Å². The number of halogens is 1. The first-order valence-corrected chi connectivity index (χ1v) is 5.48. The third kappa shape index (κ3) is 2.61. The Bertz CT molecular complexity index is 294. The Morgan fingerprint density at radius 1 is 1.47 bits per heavy atom. The fourth-order valence-corrected chi connectivity index (χ4v) is 1.90. The predicted octanol–water partition coefficient (Wildman–Crippen LogP) is 3.88. The maximum Gasteiger partial charge on any atom is 0.121 e. The van der Waals surface area contributed by atoms with Gasteiger partial charge in [0.2, 0.25) is 0 Å². The van der Waals surface area contributed by atoms with Gasteiger partial charge < -0.3 is 4.90 Å². The van der Waals surface area contributed by atoms with E-state index in [0.717, 1.165) is 18.5 Å². The van der Waals surface area contributed by atoms with Crippen molar-refractivity contribution in [3.8, 4) is 0 Å². The first-order valence-electron chi connectivity index (χ1n) is 5.48. The van der Waals surface area contributed by atoms with E-state index in [2.05, 4.69) is 46.1 Å². The van der Waals surface area contributed by atoms with Gasteiger partial charge in [0, 0.05) is 23.9 Å². The van der Waals surface area contributed by atoms with Gasteiger partial charge in [-0.2, -0.15) is 0 Å². The third-order valence-corrected chi connectivity index (χ3v) is 3.15. The average molecular weight is 211 g/mol. The van der Waals surface area contributed by atoms with Gasteiger partial charge in [-0.25, -0.2) is 4.39 Å². The van der Waals surface area contributed by atoms with E-state index >= 15 is 0 Å². The highest BCUT2D eigenvalue weighted by Crippen LogP contribution is 2.40. The molecule has 1 aliphatic rings. The molecule has 0 aromatic carbocycles. The fourth-order valence-electron chi connectivity index (χ4n) is 1.90. The summed E-state index contributed by atoms with van der Waals surface area (Å²) in [5.41, 5.74) is 0.703. The second kappa shape index (κ2) is 3.66. The van der Waals surface area contributed by atoms with E-state index in [1.165, 1.54) is 0 Å². The molecule has 0 amide bonds. The molecule has 86 valence electrons. The van der Waals surface area contributed by atoms with Crippen LogP contribution in [0.15, 0.2) is 24.2 Å². The van der Waals surface area contributed by atoms with E-state index in [1.807, 2.05) is 6.20 Å². The molecule has 0 aliphatic carbocycles. The van der Waals surface area contributed by atoms with Crippen molar-refractivity contribution < 1.29 is 4.39 Å². The summed E-state index contributed by atoms with van der Waals surface area (Å²) in [4.78, 5) is 2.19. The summed E-state index contributed by atoms with van der Waals surface area (Å²) in [5.74, 6) is -0.297. The van der Waals surface area contributed by atoms with Crippen LogP contribution in [0, 0.1) is 5.41 Å². The molecule has 0 spiro atoms. The quantitative estimate of drug-likeness (QED) is 0.636. The Balaban J connectivity index is 3.05. The maximum atomic E-state index is 13.4. The second-order valence-corrected chi connectivity index (χ2v) is 5.95. The highest BCUT2D eigenvalue weighted by molar-refractivity contribution is 5.30. The molecule has 1 heterocycles. The molecule has 0 saturated heterocycles. The van der Waals surface area contributed by atoms with Crippen molar-refractivity contribution in [2.75, 3.05) is 6.54 Å². The standard InChI is InChI=1S/C13H22FN/c1-10(14)11-9-15(12(2,3)4)8-7-13(11,5)6/h9H,1,7-8H2,2-6H3. The van der Waals surface area contributed by atoms with E-state index in [9.17, 15) is 4.39 Å². The van der Waals surface area contributed by atoms with E-state index in [0.29, 0.717) is 0 Å². The zero-order valence-corrected chi connectivity index (χ0v) is 10.5. The Morgan fingerprint density at radius 2 is 2.00 bits per heavy atom. The molecule has 0 aromatic rings. The summed E-state index contributed by atoms with van der Waals surface area (Å²) in [5, 5.41) is 0. The number of hydrogen-bond acceptors (Lipinski definition) is 1. The molecule has 0 radical (unpaired) electrons. The molecular formula is C13H22FN. The molecule has 0 saturated carbocycles. The summed E-state index contributed by atoms with van der Waals surface area (Å²) < 4.78 is 13.4. The van der Waals surface area contributed by atoms with Gasteiger partial charge in [-0.3, -0.25) is 0 Å². The van der Waals surface area contributed by atoms with Crippen molar-refractivity contribution in [3.63, 3.8) is 0 Å². The molecular weight excluding hydrogens is 189 g/mol. The van der Waals surface area contributed by atoms with Crippen LogP contribution in [-0.4, -0.2) is 17.0 Å². The largest absolute Gasteiger partial charge is 0.372 e. The van der Waals surface area contributed by atoms with Crippen molar-refractivity contribution in [2.24, 2.45) is 5.41 Å². The minimum Gasteiger partial charge on any atom is -0.372 e. The van der Waals surface area contributed by atoms with E-state index in [-0.39, 0.29) is 16.8 Å². The third-order valence-electron chi connectivity index (χ3n) is 3.15.